The van der Waals surface area contributed by atoms with Crippen molar-refractivity contribution < 1.29 is 22.6 Å². The summed E-state index contributed by atoms with van der Waals surface area (Å²) in [4.78, 5) is 11.4. The summed E-state index contributed by atoms with van der Waals surface area (Å²) in [6, 6.07) is 11.2. The third kappa shape index (κ3) is 6.67. The number of halogens is 3. The number of nitrogens with zero attached hydrogens (tertiary/aromatic N) is 5. The molecule has 1 N–H and O–H groups in total. The first-order valence-corrected chi connectivity index (χ1v) is 11.7. The molecule has 0 amide bonds. The summed E-state index contributed by atoms with van der Waals surface area (Å²) in [6.07, 6.45) is 1.04. The third-order valence-electron chi connectivity index (χ3n) is 5.80. The molecule has 37 heavy (non-hydrogen) atoms. The maximum absolute atomic E-state index is 12.7. The molecule has 0 aliphatic heterocycles. The normalized spacial score (nSPS) is 12.5. The van der Waals surface area contributed by atoms with E-state index < -0.39 is 12.7 Å². The number of hydrogen-bond donors (Lipinski definition) is 1. The van der Waals surface area contributed by atoms with Crippen LogP contribution in [0.3, 0.4) is 0 Å². The molecule has 8 nitrogen and oxygen atoms in total. The average molecular weight is 515 g/mol. The topological polar surface area (TPSA) is 77.3 Å². The van der Waals surface area contributed by atoms with E-state index in [1.165, 1.54) is 0 Å². The van der Waals surface area contributed by atoms with Crippen LogP contribution in [0.4, 0.5) is 24.5 Å². The predicted octanol–water partition coefficient (Wildman–Crippen LogP) is 4.97. The van der Waals surface area contributed by atoms with Crippen LogP contribution in [0.1, 0.15) is 6.92 Å². The van der Waals surface area contributed by atoms with Crippen molar-refractivity contribution in [3.63, 3.8) is 0 Å². The molecule has 4 rings (SSSR count). The van der Waals surface area contributed by atoms with E-state index in [-0.39, 0.29) is 12.5 Å². The van der Waals surface area contributed by atoms with Crippen LogP contribution in [0.2, 0.25) is 0 Å². The Morgan fingerprint density at radius 1 is 1.00 bits per heavy atom. The second-order valence-corrected chi connectivity index (χ2v) is 8.86. The van der Waals surface area contributed by atoms with Gasteiger partial charge in [0.05, 0.1) is 49.9 Å². The molecular formula is C26H29F3N6O2. The summed E-state index contributed by atoms with van der Waals surface area (Å²) in [5, 5.41) is 6.71. The summed E-state index contributed by atoms with van der Waals surface area (Å²) in [7, 11) is 4.97. The highest BCUT2D eigenvalue weighted by Gasteiger charge is 2.26. The van der Waals surface area contributed by atoms with Crippen molar-refractivity contribution in [2.75, 3.05) is 38.8 Å². The van der Waals surface area contributed by atoms with E-state index in [0.717, 1.165) is 22.5 Å². The van der Waals surface area contributed by atoms with Gasteiger partial charge in [0.15, 0.2) is 0 Å². The van der Waals surface area contributed by atoms with E-state index >= 15 is 0 Å². The van der Waals surface area contributed by atoms with E-state index in [0.29, 0.717) is 29.3 Å². The highest BCUT2D eigenvalue weighted by atomic mass is 19.4. The van der Waals surface area contributed by atoms with Gasteiger partial charge in [-0.1, -0.05) is 6.92 Å². The maximum Gasteiger partial charge on any atom is 0.401 e. The maximum atomic E-state index is 12.7. The lowest BCUT2D eigenvalue weighted by Crippen LogP contribution is -2.35. The van der Waals surface area contributed by atoms with E-state index in [9.17, 15) is 13.2 Å². The molecule has 0 radical (unpaired) electrons. The first-order chi connectivity index (χ1) is 17.6. The molecular weight excluding hydrogens is 485 g/mol. The zero-order valence-electron chi connectivity index (χ0n) is 21.1. The van der Waals surface area contributed by atoms with Crippen LogP contribution in [0.25, 0.3) is 22.3 Å². The van der Waals surface area contributed by atoms with Crippen LogP contribution in [0, 0.1) is 5.92 Å². The Labute approximate surface area is 213 Å². The summed E-state index contributed by atoms with van der Waals surface area (Å²) >= 11 is 0. The number of methoxy groups -OCH3 is 2. The number of rotatable bonds is 10. The van der Waals surface area contributed by atoms with Gasteiger partial charge < -0.3 is 19.7 Å². The second-order valence-electron chi connectivity index (χ2n) is 8.86. The Hall–Kier alpha value is -3.86. The fourth-order valence-electron chi connectivity index (χ4n) is 4.01. The van der Waals surface area contributed by atoms with Gasteiger partial charge in [-0.3, -0.25) is 9.67 Å². The van der Waals surface area contributed by atoms with Gasteiger partial charge in [0.25, 0.3) is 0 Å². The van der Waals surface area contributed by atoms with Crippen LogP contribution in [0.15, 0.2) is 55.0 Å². The molecule has 0 aliphatic rings. The average Bonchev–Trinajstić information content (AvgIpc) is 3.31. The summed E-state index contributed by atoms with van der Waals surface area (Å²) in [5.74, 6) is 1.08. The van der Waals surface area contributed by atoms with Crippen LogP contribution in [-0.2, 0) is 7.05 Å². The summed E-state index contributed by atoms with van der Waals surface area (Å²) in [5.41, 5.74) is 4.52. The molecule has 2 aromatic heterocycles. The number of anilines is 2. The number of aromatic nitrogens is 4. The van der Waals surface area contributed by atoms with Crippen molar-refractivity contribution in [1.82, 2.24) is 25.1 Å². The van der Waals surface area contributed by atoms with Crippen molar-refractivity contribution in [3.8, 4) is 22.8 Å². The van der Waals surface area contributed by atoms with Crippen LogP contribution in [0.5, 0.6) is 11.5 Å². The Kier molecular flexibility index (Phi) is 7.82. The quantitative estimate of drug-likeness (QED) is 0.320. The lowest BCUT2D eigenvalue weighted by molar-refractivity contribution is -0.125. The molecule has 2 heterocycles. The first kappa shape index (κ1) is 26.2. The van der Waals surface area contributed by atoms with Gasteiger partial charge in [0.1, 0.15) is 11.5 Å². The largest absolute Gasteiger partial charge is 0.497 e. The van der Waals surface area contributed by atoms with Crippen LogP contribution >= 0.6 is 0 Å². The van der Waals surface area contributed by atoms with E-state index in [4.69, 9.17) is 14.5 Å². The van der Waals surface area contributed by atoms with Crippen molar-refractivity contribution in [2.45, 2.75) is 13.1 Å². The number of hydrogen-bond acceptors (Lipinski definition) is 7. The summed E-state index contributed by atoms with van der Waals surface area (Å²) in [6.45, 7) is 1.49. The Balaban J connectivity index is 1.71. The number of fused-ring (bicyclic) bond motifs is 1. The van der Waals surface area contributed by atoms with Crippen LogP contribution in [-0.4, -0.2) is 59.8 Å². The van der Waals surface area contributed by atoms with E-state index in [2.05, 4.69) is 15.4 Å². The van der Waals surface area contributed by atoms with Gasteiger partial charge in [0.2, 0.25) is 0 Å². The SMILES string of the molecule is COc1cc(OC)cc(N(C[C@@H](C)CNCC(F)(F)F)c2ccc3ncc(-c4cnn(C)c4)nc3c2)c1. The van der Waals surface area contributed by atoms with Gasteiger partial charge in [-0.05, 0) is 30.7 Å². The lowest BCUT2D eigenvalue weighted by atomic mass is 10.1. The number of ether oxygens (including phenoxy) is 2. The number of aryl methyl sites for hydroxylation is 1. The molecule has 0 unspecified atom stereocenters. The fraction of sp³-hybridized carbons (Fsp3) is 0.346. The molecule has 2 aromatic carbocycles. The monoisotopic (exact) mass is 514 g/mol. The standard InChI is InChI=1S/C26H29F3N6O2/c1-17(11-30-16-26(27,28)29)14-35(20-7-21(36-3)10-22(8-20)37-4)19-5-6-23-24(9-19)33-25(13-31-23)18-12-32-34(2)15-18/h5-10,12-13,15,17,30H,11,14,16H2,1-4H3/t17-/m0/s1. The second kappa shape index (κ2) is 11.0. The van der Waals surface area contributed by atoms with Crippen molar-refractivity contribution in [3.05, 3.63) is 55.0 Å². The minimum absolute atomic E-state index is 0.122. The lowest BCUT2D eigenvalue weighted by Gasteiger charge is -2.29. The summed E-state index contributed by atoms with van der Waals surface area (Å²) < 4.78 is 50.6. The molecule has 0 fully saturated rings. The van der Waals surface area contributed by atoms with Gasteiger partial charge in [-0.25, -0.2) is 4.98 Å². The zero-order chi connectivity index (χ0) is 26.6. The first-order valence-electron chi connectivity index (χ1n) is 11.7. The van der Waals surface area contributed by atoms with Gasteiger partial charge in [-0.2, -0.15) is 18.3 Å². The molecule has 0 spiro atoms. The Morgan fingerprint density at radius 3 is 2.35 bits per heavy atom. The molecule has 0 bridgehead atoms. The van der Waals surface area contributed by atoms with Crippen molar-refractivity contribution >= 4 is 22.4 Å². The molecule has 1 atom stereocenters. The van der Waals surface area contributed by atoms with E-state index in [1.54, 1.807) is 37.4 Å². The molecule has 11 heteroatoms. The van der Waals surface area contributed by atoms with Crippen LogP contribution < -0.4 is 19.7 Å². The highest BCUT2D eigenvalue weighted by Crippen LogP contribution is 2.34. The number of benzene rings is 2. The fourth-order valence-corrected chi connectivity index (χ4v) is 4.01. The highest BCUT2D eigenvalue weighted by molar-refractivity contribution is 5.82. The van der Waals surface area contributed by atoms with Crippen molar-refractivity contribution in [1.29, 1.82) is 0 Å². The zero-order valence-corrected chi connectivity index (χ0v) is 21.1. The molecule has 0 saturated heterocycles. The minimum Gasteiger partial charge on any atom is -0.497 e. The third-order valence-corrected chi connectivity index (χ3v) is 5.80. The minimum atomic E-state index is -4.26. The number of alkyl halides is 3. The van der Waals surface area contributed by atoms with E-state index in [1.807, 2.05) is 55.4 Å². The van der Waals surface area contributed by atoms with Gasteiger partial charge in [-0.15, -0.1) is 0 Å². The molecule has 0 aliphatic carbocycles. The molecule has 4 aromatic rings. The van der Waals surface area contributed by atoms with Gasteiger partial charge >= 0.3 is 6.18 Å². The Morgan fingerprint density at radius 2 is 1.73 bits per heavy atom. The molecule has 0 saturated carbocycles. The van der Waals surface area contributed by atoms with Crippen molar-refractivity contribution in [2.24, 2.45) is 13.0 Å². The predicted molar refractivity (Wildman–Crippen MR) is 136 cm³/mol. The smallest absolute Gasteiger partial charge is 0.401 e. The Bertz CT molecular complexity index is 1340. The number of nitrogens with one attached hydrogen (secondary N) is 1. The van der Waals surface area contributed by atoms with Gasteiger partial charge in [0, 0.05) is 54.9 Å². The molecule has 196 valence electrons.